The molecule has 0 aromatic heterocycles. The highest BCUT2D eigenvalue weighted by Crippen LogP contribution is 2.25. The lowest BCUT2D eigenvalue weighted by Crippen LogP contribution is -2.45. The molecule has 18 heavy (non-hydrogen) atoms. The molecule has 2 aliphatic heterocycles. The van der Waals surface area contributed by atoms with Crippen LogP contribution in [0.3, 0.4) is 0 Å². The SMILES string of the molecule is c1ccc(CC2CNNC2C2CCCNC2)cc1. The minimum absolute atomic E-state index is 0.623. The molecule has 1 aromatic carbocycles. The van der Waals surface area contributed by atoms with Gasteiger partial charge in [0.25, 0.3) is 0 Å². The van der Waals surface area contributed by atoms with E-state index in [1.807, 2.05) is 0 Å². The van der Waals surface area contributed by atoms with E-state index in [-0.39, 0.29) is 0 Å². The van der Waals surface area contributed by atoms with Gasteiger partial charge in [-0.3, -0.25) is 10.9 Å². The molecule has 0 radical (unpaired) electrons. The maximum absolute atomic E-state index is 3.53. The second-order valence-electron chi connectivity index (χ2n) is 5.61. The Bertz CT molecular complexity index is 359. The monoisotopic (exact) mass is 245 g/mol. The van der Waals surface area contributed by atoms with Gasteiger partial charge in [0.05, 0.1) is 0 Å². The lowest BCUT2D eigenvalue weighted by molar-refractivity contribution is 0.258. The molecule has 3 rings (SSSR count). The summed E-state index contributed by atoms with van der Waals surface area (Å²) in [4.78, 5) is 0. The summed E-state index contributed by atoms with van der Waals surface area (Å²) in [5.41, 5.74) is 8.33. The van der Waals surface area contributed by atoms with E-state index in [0.717, 1.165) is 18.4 Å². The number of hydrogen-bond acceptors (Lipinski definition) is 3. The lowest BCUT2D eigenvalue weighted by Gasteiger charge is -2.31. The first kappa shape index (κ1) is 12.2. The maximum Gasteiger partial charge on any atom is 0.0297 e. The number of hydrogen-bond donors (Lipinski definition) is 3. The summed E-state index contributed by atoms with van der Waals surface area (Å²) >= 11 is 0. The lowest BCUT2D eigenvalue weighted by atomic mass is 9.82. The predicted octanol–water partition coefficient (Wildman–Crippen LogP) is 1.32. The Labute approximate surface area is 109 Å². The van der Waals surface area contributed by atoms with Gasteiger partial charge in [-0.2, -0.15) is 0 Å². The van der Waals surface area contributed by atoms with E-state index in [1.165, 1.54) is 37.9 Å². The summed E-state index contributed by atoms with van der Waals surface area (Å²) in [5, 5.41) is 3.53. The molecule has 2 saturated heterocycles. The molecule has 3 nitrogen and oxygen atoms in total. The van der Waals surface area contributed by atoms with Gasteiger partial charge in [0, 0.05) is 12.6 Å². The van der Waals surface area contributed by atoms with Crippen molar-refractivity contribution in [1.29, 1.82) is 0 Å². The van der Waals surface area contributed by atoms with Crippen LogP contribution >= 0.6 is 0 Å². The van der Waals surface area contributed by atoms with Crippen LogP contribution in [0.1, 0.15) is 18.4 Å². The summed E-state index contributed by atoms with van der Waals surface area (Å²) in [7, 11) is 0. The van der Waals surface area contributed by atoms with Gasteiger partial charge < -0.3 is 5.32 Å². The van der Waals surface area contributed by atoms with Gasteiger partial charge in [0.15, 0.2) is 0 Å². The first-order valence-electron chi connectivity index (χ1n) is 7.16. The third kappa shape index (κ3) is 2.74. The van der Waals surface area contributed by atoms with E-state index in [2.05, 4.69) is 46.5 Å². The zero-order valence-corrected chi connectivity index (χ0v) is 10.9. The van der Waals surface area contributed by atoms with Crippen molar-refractivity contribution in [3.05, 3.63) is 35.9 Å². The molecule has 0 spiro atoms. The van der Waals surface area contributed by atoms with Crippen molar-refractivity contribution in [2.75, 3.05) is 19.6 Å². The normalized spacial score (nSPS) is 32.6. The van der Waals surface area contributed by atoms with E-state index in [4.69, 9.17) is 0 Å². The smallest absolute Gasteiger partial charge is 0.0297 e. The van der Waals surface area contributed by atoms with Crippen LogP contribution in [0.2, 0.25) is 0 Å². The summed E-state index contributed by atoms with van der Waals surface area (Å²) in [6.45, 7) is 3.46. The van der Waals surface area contributed by atoms with Crippen molar-refractivity contribution < 1.29 is 0 Å². The molecule has 98 valence electrons. The fourth-order valence-corrected chi connectivity index (χ4v) is 3.36. The molecule has 0 aliphatic carbocycles. The minimum atomic E-state index is 0.623. The average Bonchev–Trinajstić information content (AvgIpc) is 2.89. The van der Waals surface area contributed by atoms with Crippen LogP contribution in [0, 0.1) is 11.8 Å². The van der Waals surface area contributed by atoms with Crippen molar-refractivity contribution in [3.8, 4) is 0 Å². The van der Waals surface area contributed by atoms with E-state index >= 15 is 0 Å². The van der Waals surface area contributed by atoms with E-state index in [1.54, 1.807) is 0 Å². The van der Waals surface area contributed by atoms with E-state index in [9.17, 15) is 0 Å². The van der Waals surface area contributed by atoms with E-state index < -0.39 is 0 Å². The largest absolute Gasteiger partial charge is 0.316 e. The number of rotatable bonds is 3. The third-order valence-corrected chi connectivity index (χ3v) is 4.32. The zero-order chi connectivity index (χ0) is 12.2. The van der Waals surface area contributed by atoms with Gasteiger partial charge in [-0.05, 0) is 49.8 Å². The first-order chi connectivity index (χ1) is 8.93. The molecule has 3 N–H and O–H groups in total. The van der Waals surface area contributed by atoms with Gasteiger partial charge in [-0.25, -0.2) is 0 Å². The molecule has 1 aromatic rings. The fraction of sp³-hybridized carbons (Fsp3) is 0.600. The summed E-state index contributed by atoms with van der Waals surface area (Å²) in [6.07, 6.45) is 3.86. The fourth-order valence-electron chi connectivity index (χ4n) is 3.36. The summed E-state index contributed by atoms with van der Waals surface area (Å²) < 4.78 is 0. The molecule has 0 amide bonds. The van der Waals surface area contributed by atoms with Crippen LogP contribution in [-0.4, -0.2) is 25.7 Å². The molecule has 0 saturated carbocycles. The van der Waals surface area contributed by atoms with Gasteiger partial charge in [0.2, 0.25) is 0 Å². The molecule has 3 unspecified atom stereocenters. The Balaban J connectivity index is 1.63. The minimum Gasteiger partial charge on any atom is -0.316 e. The molecule has 3 atom stereocenters. The second-order valence-corrected chi connectivity index (χ2v) is 5.61. The Morgan fingerprint density at radius 3 is 2.78 bits per heavy atom. The predicted molar refractivity (Wildman–Crippen MR) is 74.2 cm³/mol. The highest BCUT2D eigenvalue weighted by molar-refractivity contribution is 5.16. The third-order valence-electron chi connectivity index (χ3n) is 4.32. The molecular formula is C15H23N3. The number of piperidine rings is 1. The quantitative estimate of drug-likeness (QED) is 0.752. The molecule has 2 heterocycles. The van der Waals surface area contributed by atoms with Gasteiger partial charge in [-0.15, -0.1) is 0 Å². The summed E-state index contributed by atoms with van der Waals surface area (Å²) in [5.74, 6) is 1.50. The molecular weight excluding hydrogens is 222 g/mol. The van der Waals surface area contributed by atoms with Gasteiger partial charge in [-0.1, -0.05) is 30.3 Å². The molecule has 2 fully saturated rings. The molecule has 0 bridgehead atoms. The summed E-state index contributed by atoms with van der Waals surface area (Å²) in [6, 6.07) is 11.5. The average molecular weight is 245 g/mol. The van der Waals surface area contributed by atoms with Crippen LogP contribution in [0.25, 0.3) is 0 Å². The topological polar surface area (TPSA) is 36.1 Å². The van der Waals surface area contributed by atoms with Crippen molar-refractivity contribution >= 4 is 0 Å². The number of benzene rings is 1. The van der Waals surface area contributed by atoms with Crippen LogP contribution < -0.4 is 16.2 Å². The molecule has 3 heteroatoms. The van der Waals surface area contributed by atoms with Gasteiger partial charge in [0.1, 0.15) is 0 Å². The van der Waals surface area contributed by atoms with Crippen LogP contribution in [0.5, 0.6) is 0 Å². The van der Waals surface area contributed by atoms with Crippen LogP contribution in [0.15, 0.2) is 30.3 Å². The van der Waals surface area contributed by atoms with Crippen molar-refractivity contribution in [2.24, 2.45) is 11.8 Å². The molecule has 2 aliphatic rings. The highest BCUT2D eigenvalue weighted by atomic mass is 15.4. The zero-order valence-electron chi connectivity index (χ0n) is 10.9. The Hall–Kier alpha value is -0.900. The number of nitrogens with one attached hydrogen (secondary N) is 3. The van der Waals surface area contributed by atoms with Crippen LogP contribution in [0.4, 0.5) is 0 Å². The van der Waals surface area contributed by atoms with E-state index in [0.29, 0.717) is 6.04 Å². The van der Waals surface area contributed by atoms with Gasteiger partial charge >= 0.3 is 0 Å². The standard InChI is InChI=1S/C15H23N3/c1-2-5-12(6-3-1)9-14-11-17-18-15(14)13-7-4-8-16-10-13/h1-3,5-6,13-18H,4,7-11H2. The van der Waals surface area contributed by atoms with Crippen molar-refractivity contribution in [1.82, 2.24) is 16.2 Å². The highest BCUT2D eigenvalue weighted by Gasteiger charge is 2.33. The van der Waals surface area contributed by atoms with Crippen molar-refractivity contribution in [2.45, 2.75) is 25.3 Å². The van der Waals surface area contributed by atoms with Crippen LogP contribution in [-0.2, 0) is 6.42 Å². The first-order valence-corrected chi connectivity index (χ1v) is 7.16. The maximum atomic E-state index is 3.53. The van der Waals surface area contributed by atoms with Crippen molar-refractivity contribution in [3.63, 3.8) is 0 Å². The second kappa shape index (κ2) is 5.83. The number of hydrazine groups is 1. The Kier molecular flexibility index (Phi) is 3.93. The Morgan fingerprint density at radius 1 is 1.11 bits per heavy atom. The Morgan fingerprint density at radius 2 is 2.00 bits per heavy atom.